The number of H-pyrrole nitrogens is 1. The molecule has 3 heterocycles. The molecule has 0 amide bonds. The number of methoxy groups -OCH3 is 1. The van der Waals surface area contributed by atoms with Gasteiger partial charge in [-0.2, -0.15) is 0 Å². The molecule has 0 saturated carbocycles. The Kier molecular flexibility index (Phi) is 4.97. The molecular formula is C22H20N6O3. The Morgan fingerprint density at radius 3 is 2.77 bits per heavy atom. The minimum Gasteiger partial charge on any atom is -0.497 e. The van der Waals surface area contributed by atoms with E-state index in [2.05, 4.69) is 30.8 Å². The number of rotatable bonds is 7. The van der Waals surface area contributed by atoms with Gasteiger partial charge >= 0.3 is 0 Å². The van der Waals surface area contributed by atoms with E-state index in [1.807, 2.05) is 54.6 Å². The molecule has 31 heavy (non-hydrogen) atoms. The van der Waals surface area contributed by atoms with E-state index >= 15 is 0 Å². The van der Waals surface area contributed by atoms with Crippen LogP contribution in [0.25, 0.3) is 11.4 Å². The van der Waals surface area contributed by atoms with Gasteiger partial charge in [-0.05, 0) is 54.1 Å². The Balaban J connectivity index is 1.31. The van der Waals surface area contributed by atoms with Crippen molar-refractivity contribution in [2.75, 3.05) is 24.5 Å². The average molecular weight is 416 g/mol. The third-order valence-corrected chi connectivity index (χ3v) is 4.80. The van der Waals surface area contributed by atoms with E-state index in [1.165, 1.54) is 0 Å². The number of pyridine rings is 1. The van der Waals surface area contributed by atoms with Gasteiger partial charge in [-0.3, -0.25) is 0 Å². The van der Waals surface area contributed by atoms with Gasteiger partial charge in [0, 0.05) is 18.4 Å². The SMILES string of the molecule is COc1ccc(Nc2nnc(-c3cccnc3NCc3ccc4c(c3)OCO4)[nH]2)cc1. The molecule has 1 aliphatic heterocycles. The summed E-state index contributed by atoms with van der Waals surface area (Å²) in [4.78, 5) is 7.66. The highest BCUT2D eigenvalue weighted by Crippen LogP contribution is 2.33. The van der Waals surface area contributed by atoms with E-state index in [0.717, 1.165) is 34.1 Å². The van der Waals surface area contributed by atoms with E-state index in [0.29, 0.717) is 24.1 Å². The van der Waals surface area contributed by atoms with Gasteiger partial charge in [0.1, 0.15) is 11.6 Å². The first-order chi connectivity index (χ1) is 15.3. The number of fused-ring (bicyclic) bond motifs is 1. The van der Waals surface area contributed by atoms with Crippen molar-refractivity contribution in [3.63, 3.8) is 0 Å². The molecule has 0 radical (unpaired) electrons. The second-order valence-corrected chi connectivity index (χ2v) is 6.82. The fraction of sp³-hybridized carbons (Fsp3) is 0.136. The van der Waals surface area contributed by atoms with E-state index < -0.39 is 0 Å². The molecule has 1 aliphatic rings. The molecule has 3 N–H and O–H groups in total. The minimum atomic E-state index is 0.259. The lowest BCUT2D eigenvalue weighted by Crippen LogP contribution is -2.03. The lowest BCUT2D eigenvalue weighted by molar-refractivity contribution is 0.174. The van der Waals surface area contributed by atoms with E-state index in [1.54, 1.807) is 13.3 Å². The quantitative estimate of drug-likeness (QED) is 0.416. The number of aromatic nitrogens is 4. The van der Waals surface area contributed by atoms with Gasteiger partial charge in [0.25, 0.3) is 0 Å². The number of anilines is 3. The Bertz CT molecular complexity index is 1190. The highest BCUT2D eigenvalue weighted by Gasteiger charge is 2.14. The third kappa shape index (κ3) is 4.06. The smallest absolute Gasteiger partial charge is 0.231 e. The molecule has 0 unspecified atom stereocenters. The number of benzene rings is 2. The Morgan fingerprint density at radius 1 is 1.03 bits per heavy atom. The fourth-order valence-corrected chi connectivity index (χ4v) is 3.22. The van der Waals surface area contributed by atoms with Crippen LogP contribution in [0.1, 0.15) is 5.56 Å². The summed E-state index contributed by atoms with van der Waals surface area (Å²) in [5, 5.41) is 15.0. The molecule has 0 bridgehead atoms. The summed E-state index contributed by atoms with van der Waals surface area (Å²) >= 11 is 0. The topological polar surface area (TPSA) is 106 Å². The maximum atomic E-state index is 5.45. The van der Waals surface area contributed by atoms with Crippen LogP contribution in [-0.2, 0) is 6.54 Å². The maximum absolute atomic E-state index is 5.45. The van der Waals surface area contributed by atoms with Crippen molar-refractivity contribution in [2.45, 2.75) is 6.54 Å². The van der Waals surface area contributed by atoms with Gasteiger partial charge in [-0.15, -0.1) is 10.2 Å². The molecule has 0 atom stereocenters. The van der Waals surface area contributed by atoms with Crippen LogP contribution in [0, 0.1) is 0 Å². The van der Waals surface area contributed by atoms with Crippen molar-refractivity contribution in [3.8, 4) is 28.6 Å². The normalized spacial score (nSPS) is 11.9. The predicted octanol–water partition coefficient (Wildman–Crippen LogP) is 3.96. The Morgan fingerprint density at radius 2 is 1.90 bits per heavy atom. The first-order valence-corrected chi connectivity index (χ1v) is 9.70. The van der Waals surface area contributed by atoms with Crippen molar-refractivity contribution < 1.29 is 14.2 Å². The molecule has 2 aromatic carbocycles. The summed E-state index contributed by atoms with van der Waals surface area (Å²) in [5.41, 5.74) is 2.75. The summed E-state index contributed by atoms with van der Waals surface area (Å²) < 4.78 is 16.0. The zero-order chi connectivity index (χ0) is 21.0. The molecule has 9 heteroatoms. The standard InChI is InChI=1S/C22H20N6O3/c1-29-16-7-5-15(6-8-16)25-22-26-21(27-28-22)17-3-2-10-23-20(17)24-12-14-4-9-18-19(11-14)31-13-30-18/h2-11H,12-13H2,1H3,(H,23,24)(H2,25,26,27,28). The first kappa shape index (κ1) is 18.7. The zero-order valence-electron chi connectivity index (χ0n) is 16.8. The lowest BCUT2D eigenvalue weighted by atomic mass is 10.2. The average Bonchev–Trinajstić information content (AvgIpc) is 3.47. The van der Waals surface area contributed by atoms with E-state index in [-0.39, 0.29) is 6.79 Å². The van der Waals surface area contributed by atoms with Gasteiger partial charge in [-0.25, -0.2) is 4.98 Å². The van der Waals surface area contributed by atoms with Crippen LogP contribution >= 0.6 is 0 Å². The molecule has 9 nitrogen and oxygen atoms in total. The largest absolute Gasteiger partial charge is 0.497 e. The van der Waals surface area contributed by atoms with Crippen molar-refractivity contribution in [2.24, 2.45) is 0 Å². The minimum absolute atomic E-state index is 0.259. The third-order valence-electron chi connectivity index (χ3n) is 4.80. The van der Waals surface area contributed by atoms with Crippen LogP contribution < -0.4 is 24.8 Å². The molecule has 0 saturated heterocycles. The van der Waals surface area contributed by atoms with Gasteiger partial charge in [0.05, 0.1) is 12.7 Å². The van der Waals surface area contributed by atoms with Gasteiger partial charge < -0.3 is 29.8 Å². The predicted molar refractivity (Wildman–Crippen MR) is 116 cm³/mol. The van der Waals surface area contributed by atoms with Crippen molar-refractivity contribution in [1.82, 2.24) is 20.2 Å². The van der Waals surface area contributed by atoms with Crippen LogP contribution in [0.15, 0.2) is 60.8 Å². The molecular weight excluding hydrogens is 396 g/mol. The summed E-state index contributed by atoms with van der Waals surface area (Å²) in [6.07, 6.45) is 1.73. The van der Waals surface area contributed by atoms with E-state index in [9.17, 15) is 0 Å². The zero-order valence-corrected chi connectivity index (χ0v) is 16.8. The summed E-state index contributed by atoms with van der Waals surface area (Å²) in [7, 11) is 1.64. The highest BCUT2D eigenvalue weighted by molar-refractivity contribution is 5.71. The van der Waals surface area contributed by atoms with Crippen LogP contribution in [0.4, 0.5) is 17.5 Å². The van der Waals surface area contributed by atoms with Gasteiger partial charge in [0.15, 0.2) is 17.3 Å². The molecule has 2 aromatic heterocycles. The molecule has 0 aliphatic carbocycles. The number of nitrogens with zero attached hydrogens (tertiary/aromatic N) is 3. The molecule has 0 fully saturated rings. The lowest BCUT2D eigenvalue weighted by Gasteiger charge is -2.09. The van der Waals surface area contributed by atoms with Gasteiger partial charge in [0.2, 0.25) is 12.7 Å². The molecule has 0 spiro atoms. The molecule has 4 aromatic rings. The second kappa shape index (κ2) is 8.23. The Labute approximate surface area is 178 Å². The highest BCUT2D eigenvalue weighted by atomic mass is 16.7. The molecule has 156 valence electrons. The number of hydrogen-bond acceptors (Lipinski definition) is 8. The summed E-state index contributed by atoms with van der Waals surface area (Å²) in [6.45, 7) is 0.834. The van der Waals surface area contributed by atoms with Crippen LogP contribution in [-0.4, -0.2) is 34.1 Å². The first-order valence-electron chi connectivity index (χ1n) is 9.70. The second-order valence-electron chi connectivity index (χ2n) is 6.82. The summed E-state index contributed by atoms with van der Waals surface area (Å²) in [6, 6.07) is 17.2. The summed E-state index contributed by atoms with van der Waals surface area (Å²) in [5.74, 6) is 4.15. The van der Waals surface area contributed by atoms with Crippen LogP contribution in [0.5, 0.6) is 17.2 Å². The number of hydrogen-bond donors (Lipinski definition) is 3. The number of ether oxygens (including phenoxy) is 3. The van der Waals surface area contributed by atoms with Crippen LogP contribution in [0.3, 0.4) is 0 Å². The van der Waals surface area contributed by atoms with Crippen molar-refractivity contribution >= 4 is 17.5 Å². The monoisotopic (exact) mass is 416 g/mol. The molecule has 5 rings (SSSR count). The van der Waals surface area contributed by atoms with Gasteiger partial charge in [-0.1, -0.05) is 6.07 Å². The van der Waals surface area contributed by atoms with E-state index in [4.69, 9.17) is 14.2 Å². The fourth-order valence-electron chi connectivity index (χ4n) is 3.22. The number of aromatic amines is 1. The number of nitrogens with one attached hydrogen (secondary N) is 3. The Hall–Kier alpha value is -4.27. The van der Waals surface area contributed by atoms with Crippen molar-refractivity contribution in [3.05, 3.63) is 66.4 Å². The maximum Gasteiger partial charge on any atom is 0.231 e. The van der Waals surface area contributed by atoms with Crippen molar-refractivity contribution in [1.29, 1.82) is 0 Å². The van der Waals surface area contributed by atoms with Crippen LogP contribution in [0.2, 0.25) is 0 Å².